The fourth-order valence-electron chi connectivity index (χ4n) is 13.3. The number of rotatable bonds is 7. The summed E-state index contributed by atoms with van der Waals surface area (Å²) in [6.07, 6.45) is 8.76. The molecule has 7 heteroatoms. The molecule has 4 aliphatic carbocycles. The molecule has 7 aromatic carbocycles. The van der Waals surface area contributed by atoms with Gasteiger partial charge in [-0.15, -0.1) is 36.3 Å². The predicted molar refractivity (Wildman–Crippen MR) is 262 cm³/mol. The summed E-state index contributed by atoms with van der Waals surface area (Å²) in [5, 5.41) is 4.55. The number of aryl methyl sites for hydroxylation is 1. The first kappa shape index (κ1) is 39.7. The Morgan fingerprint density at radius 2 is 1.23 bits per heavy atom. The third-order valence-electron chi connectivity index (χ3n) is 15.7. The van der Waals surface area contributed by atoms with Gasteiger partial charge in [0, 0.05) is 72.3 Å². The quantitative estimate of drug-likeness (QED) is 0.149. The normalized spacial score (nSPS) is 21.8. The second-order valence-corrected chi connectivity index (χ2v) is 19.0. The molecule has 5 aliphatic rings. The van der Waals surface area contributed by atoms with Crippen LogP contribution in [0.15, 0.2) is 170 Å². The average molecular weight is 1040 g/mol. The molecular formula is C59H46N5OPt-3. The third kappa shape index (κ3) is 5.80. The molecule has 1 aliphatic heterocycles. The summed E-state index contributed by atoms with van der Waals surface area (Å²) in [6.45, 7) is 2.16. The summed E-state index contributed by atoms with van der Waals surface area (Å²) in [5.74, 6) is 5.17. The van der Waals surface area contributed by atoms with E-state index in [0.29, 0.717) is 23.3 Å². The van der Waals surface area contributed by atoms with Crippen molar-refractivity contribution < 1.29 is 25.8 Å². The van der Waals surface area contributed by atoms with E-state index in [2.05, 4.69) is 215 Å². The molecule has 0 atom stereocenters. The standard InChI is InChI=1S/C59H46N5O.Pt/c1-61-51-20-10-8-19-48(51)50-34-45(63-37-62(44-16-6-3-7-17-44)53-22-12-13-23-54(53)63)35-56(58(50)61)65-46-24-25-49-47-18-9-11-21-52(47)64(55(49)36-46)57-33-41(26-27-60-57)59(40-14-4-2-5-15-40)42-29-38-28-39(31-42)32-43(59)30-38;/h2-27,33-34,37-39,42-43H,28-32H2,1H3;/q-3;. The molecule has 0 unspecified atom stereocenters. The van der Waals surface area contributed by atoms with Crippen molar-refractivity contribution in [1.82, 2.24) is 14.1 Å². The summed E-state index contributed by atoms with van der Waals surface area (Å²) >= 11 is 0. The van der Waals surface area contributed by atoms with Crippen LogP contribution in [-0.2, 0) is 33.5 Å². The summed E-state index contributed by atoms with van der Waals surface area (Å²) in [7, 11) is 2.12. The van der Waals surface area contributed by atoms with E-state index in [0.717, 1.165) is 78.6 Å². The molecule has 6 nitrogen and oxygen atoms in total. The van der Waals surface area contributed by atoms with Crippen LogP contribution in [0.2, 0.25) is 0 Å². The number of aromatic nitrogens is 3. The maximum absolute atomic E-state index is 7.13. The molecule has 4 fully saturated rings. The number of pyridine rings is 1. The predicted octanol–water partition coefficient (Wildman–Crippen LogP) is 14.4. The third-order valence-corrected chi connectivity index (χ3v) is 15.7. The summed E-state index contributed by atoms with van der Waals surface area (Å²) in [4.78, 5) is 9.66. The Hall–Kier alpha value is -6.62. The van der Waals surface area contributed by atoms with Crippen molar-refractivity contribution >= 4 is 66.4 Å². The van der Waals surface area contributed by atoms with Gasteiger partial charge in [-0.2, -0.15) is 6.07 Å². The first-order chi connectivity index (χ1) is 32.1. The van der Waals surface area contributed by atoms with Crippen molar-refractivity contribution in [2.24, 2.45) is 30.7 Å². The Kier molecular flexibility index (Phi) is 9.16. The number of benzene rings is 7. The fourth-order valence-corrected chi connectivity index (χ4v) is 13.3. The molecule has 10 aromatic rings. The van der Waals surface area contributed by atoms with Crippen LogP contribution in [0.4, 0.5) is 22.7 Å². The second-order valence-electron chi connectivity index (χ2n) is 19.0. The van der Waals surface area contributed by atoms with Gasteiger partial charge in [0.05, 0.1) is 0 Å². The van der Waals surface area contributed by atoms with Crippen molar-refractivity contribution in [1.29, 1.82) is 0 Å². The van der Waals surface area contributed by atoms with Gasteiger partial charge in [-0.3, -0.25) is 0 Å². The van der Waals surface area contributed by atoms with Crippen molar-refractivity contribution in [2.75, 3.05) is 9.80 Å². The molecule has 4 bridgehead atoms. The van der Waals surface area contributed by atoms with Crippen LogP contribution in [0.5, 0.6) is 11.5 Å². The average Bonchev–Trinajstić information content (AvgIpc) is 4.00. The molecule has 0 amide bonds. The van der Waals surface area contributed by atoms with Crippen LogP contribution in [0.25, 0.3) is 49.4 Å². The zero-order valence-electron chi connectivity index (χ0n) is 36.5. The molecule has 4 saturated carbocycles. The van der Waals surface area contributed by atoms with Crippen LogP contribution in [0, 0.1) is 42.5 Å². The Morgan fingerprint density at radius 1 is 0.591 bits per heavy atom. The number of nitrogens with zero attached hydrogens (tertiary/aromatic N) is 5. The number of para-hydroxylation sites is 5. The van der Waals surface area contributed by atoms with Gasteiger partial charge in [0.1, 0.15) is 5.82 Å². The molecule has 66 heavy (non-hydrogen) atoms. The fraction of sp³-hybridized carbons (Fsp3) is 0.186. The van der Waals surface area contributed by atoms with Gasteiger partial charge in [-0.25, -0.2) is 4.98 Å². The van der Waals surface area contributed by atoms with E-state index >= 15 is 0 Å². The van der Waals surface area contributed by atoms with Crippen molar-refractivity contribution in [2.45, 2.75) is 37.5 Å². The summed E-state index contributed by atoms with van der Waals surface area (Å²) in [6, 6.07) is 66.6. The van der Waals surface area contributed by atoms with E-state index < -0.39 is 0 Å². The van der Waals surface area contributed by atoms with Gasteiger partial charge in [0.2, 0.25) is 0 Å². The molecule has 0 radical (unpaired) electrons. The Balaban J connectivity index is 0.00000435. The molecular weight excluding hydrogens is 990 g/mol. The Labute approximate surface area is 399 Å². The van der Waals surface area contributed by atoms with Crippen LogP contribution < -0.4 is 14.5 Å². The Morgan fingerprint density at radius 3 is 1.97 bits per heavy atom. The van der Waals surface area contributed by atoms with Crippen molar-refractivity contribution in [3.05, 3.63) is 200 Å². The van der Waals surface area contributed by atoms with Gasteiger partial charge in [-0.05, 0) is 139 Å². The summed E-state index contributed by atoms with van der Waals surface area (Å²) in [5.41, 5.74) is 11.2. The number of hydrogen-bond donors (Lipinski definition) is 0. The first-order valence-electron chi connectivity index (χ1n) is 23.3. The van der Waals surface area contributed by atoms with Crippen LogP contribution in [0.1, 0.15) is 43.2 Å². The van der Waals surface area contributed by atoms with Gasteiger partial charge in [0.25, 0.3) is 0 Å². The van der Waals surface area contributed by atoms with Gasteiger partial charge < -0.3 is 23.7 Å². The monoisotopic (exact) mass is 1040 g/mol. The number of anilines is 4. The molecule has 3 aromatic heterocycles. The largest absolute Gasteiger partial charge is 0.507 e. The van der Waals surface area contributed by atoms with E-state index in [-0.39, 0.29) is 26.5 Å². The van der Waals surface area contributed by atoms with Crippen molar-refractivity contribution in [3.8, 4) is 17.3 Å². The maximum atomic E-state index is 7.13. The first-order valence-corrected chi connectivity index (χ1v) is 23.3. The van der Waals surface area contributed by atoms with Crippen LogP contribution >= 0.6 is 0 Å². The molecule has 326 valence electrons. The van der Waals surface area contributed by atoms with E-state index in [9.17, 15) is 0 Å². The minimum Gasteiger partial charge on any atom is -0.507 e. The van der Waals surface area contributed by atoms with Crippen molar-refractivity contribution in [3.63, 3.8) is 0 Å². The van der Waals surface area contributed by atoms with Gasteiger partial charge >= 0.3 is 0 Å². The molecule has 4 heterocycles. The molecule has 0 saturated heterocycles. The minimum atomic E-state index is -0.0284. The molecule has 15 rings (SSSR count). The van der Waals surface area contributed by atoms with E-state index in [4.69, 9.17) is 9.72 Å². The van der Waals surface area contributed by atoms with Gasteiger partial charge in [0.15, 0.2) is 0 Å². The molecule has 0 N–H and O–H groups in total. The smallest absolute Gasteiger partial charge is 0.135 e. The number of hydrogen-bond acceptors (Lipinski definition) is 4. The topological polar surface area (TPSA) is 38.5 Å². The second kappa shape index (κ2) is 15.2. The van der Waals surface area contributed by atoms with Gasteiger partial charge in [-0.1, -0.05) is 114 Å². The number of fused-ring (bicyclic) bond motifs is 7. The zero-order chi connectivity index (χ0) is 42.8. The molecule has 0 spiro atoms. The summed E-state index contributed by atoms with van der Waals surface area (Å²) < 4.78 is 11.7. The maximum Gasteiger partial charge on any atom is 0.135 e. The van der Waals surface area contributed by atoms with E-state index in [1.807, 2.05) is 0 Å². The van der Waals surface area contributed by atoms with Crippen LogP contribution in [-0.4, -0.2) is 14.1 Å². The minimum absolute atomic E-state index is 0. The van der Waals surface area contributed by atoms with E-state index in [1.165, 1.54) is 48.6 Å². The number of ether oxygens (including phenoxy) is 1. The SMILES string of the molecule is Cn1c2ccccc2c2cc(N3[CH-]N(c4ccccc4)c4ccccc43)[c-]c(Oc3[c-]c4c(cc3)c3ccccc3n4-c3cc(C4(c5ccccc5)C5CC6CC(C5)CC4C6)ccn3)c21.[Pt]. The van der Waals surface area contributed by atoms with E-state index in [1.54, 1.807) is 0 Å². The zero-order valence-corrected chi connectivity index (χ0v) is 38.8. The van der Waals surface area contributed by atoms with Crippen LogP contribution in [0.3, 0.4) is 0 Å². The Bertz CT molecular complexity index is 3480.